The molecule has 3 atom stereocenters. The normalized spacial score (nSPS) is 21.6. The molecule has 36 heavy (non-hydrogen) atoms. The molecule has 0 spiro atoms. The number of hydrogen-bond donors (Lipinski definition) is 1. The van der Waals surface area contributed by atoms with E-state index in [0.717, 1.165) is 22.4 Å². The van der Waals surface area contributed by atoms with Gasteiger partial charge in [-0.05, 0) is 45.7 Å². The molecule has 1 aliphatic heterocycles. The summed E-state index contributed by atoms with van der Waals surface area (Å²) in [5.41, 5.74) is 3.53. The van der Waals surface area contributed by atoms with Crippen molar-refractivity contribution in [3.8, 4) is 11.3 Å². The molecular formula is C29H32N2O4S. The van der Waals surface area contributed by atoms with Crippen molar-refractivity contribution in [2.75, 3.05) is 13.2 Å². The maximum Gasteiger partial charge on any atom is 0.336 e. The van der Waals surface area contributed by atoms with Gasteiger partial charge >= 0.3 is 11.9 Å². The predicted octanol–water partition coefficient (Wildman–Crippen LogP) is 5.53. The van der Waals surface area contributed by atoms with Crippen LogP contribution in [0.25, 0.3) is 11.3 Å². The third-order valence-corrected chi connectivity index (χ3v) is 7.72. The number of aromatic nitrogens is 1. The van der Waals surface area contributed by atoms with E-state index >= 15 is 0 Å². The number of hydrogen-bond acceptors (Lipinski definition) is 7. The van der Waals surface area contributed by atoms with E-state index in [1.165, 1.54) is 11.3 Å². The van der Waals surface area contributed by atoms with Gasteiger partial charge in [-0.2, -0.15) is 0 Å². The Hall–Kier alpha value is -3.45. The Bertz CT molecular complexity index is 1280. The van der Waals surface area contributed by atoms with Gasteiger partial charge in [0.2, 0.25) is 0 Å². The first-order valence-electron chi connectivity index (χ1n) is 12.2. The topological polar surface area (TPSA) is 77.5 Å². The highest BCUT2D eigenvalue weighted by atomic mass is 32.1. The number of benzene rings is 2. The number of thiazole rings is 1. The number of carbonyl (C=O) groups excluding carboxylic acids is 2. The lowest BCUT2D eigenvalue weighted by atomic mass is 9.61. The van der Waals surface area contributed by atoms with Crippen LogP contribution in [0.5, 0.6) is 0 Å². The summed E-state index contributed by atoms with van der Waals surface area (Å²) in [5, 5.41) is 6.06. The second kappa shape index (κ2) is 10.7. The second-order valence-electron chi connectivity index (χ2n) is 8.90. The fourth-order valence-corrected chi connectivity index (χ4v) is 6.21. The fraction of sp³-hybridized carbons (Fsp3) is 0.345. The van der Waals surface area contributed by atoms with Crippen molar-refractivity contribution in [3.05, 3.63) is 87.4 Å². The summed E-state index contributed by atoms with van der Waals surface area (Å²) in [6.45, 7) is 9.86. The van der Waals surface area contributed by atoms with E-state index in [-0.39, 0.29) is 19.3 Å². The largest absolute Gasteiger partial charge is 0.465 e. The minimum Gasteiger partial charge on any atom is -0.465 e. The lowest BCUT2D eigenvalue weighted by Crippen LogP contribution is -2.60. The zero-order valence-electron chi connectivity index (χ0n) is 21.3. The zero-order valence-corrected chi connectivity index (χ0v) is 22.1. The Morgan fingerprint density at radius 2 is 1.67 bits per heavy atom. The molecule has 2 heterocycles. The molecule has 0 aliphatic carbocycles. The average molecular weight is 505 g/mol. The van der Waals surface area contributed by atoms with E-state index in [0.29, 0.717) is 16.3 Å². The van der Waals surface area contributed by atoms with Gasteiger partial charge in [0.1, 0.15) is 10.4 Å². The van der Waals surface area contributed by atoms with Gasteiger partial charge in [-0.25, -0.2) is 9.78 Å². The highest BCUT2D eigenvalue weighted by molar-refractivity contribution is 7.10. The van der Waals surface area contributed by atoms with Crippen LogP contribution in [0.15, 0.2) is 71.2 Å². The molecule has 0 amide bonds. The first-order chi connectivity index (χ1) is 17.4. The van der Waals surface area contributed by atoms with Crippen LogP contribution in [-0.4, -0.2) is 36.2 Å². The number of allylic oxidation sites excluding steroid dienone is 1. The Morgan fingerprint density at radius 3 is 2.33 bits per heavy atom. The van der Waals surface area contributed by atoms with Crippen LogP contribution < -0.4 is 5.32 Å². The molecule has 7 heteroatoms. The SMILES string of the molecule is CCOC(=O)C1=C(C)NC(C)C(C(=O)OCC)(c2ccccc2)C1c1nc(-c2ccccc2C)cs1. The number of aryl methyl sites for hydroxylation is 1. The molecule has 4 rings (SSSR count). The monoisotopic (exact) mass is 504 g/mol. The number of nitrogens with one attached hydrogen (secondary N) is 1. The molecule has 3 aromatic rings. The quantitative estimate of drug-likeness (QED) is 0.426. The minimum atomic E-state index is -1.24. The summed E-state index contributed by atoms with van der Waals surface area (Å²) in [5.74, 6) is -1.56. The highest BCUT2D eigenvalue weighted by Gasteiger charge is 2.59. The summed E-state index contributed by atoms with van der Waals surface area (Å²) < 4.78 is 11.2. The van der Waals surface area contributed by atoms with Gasteiger partial charge in [-0.15, -0.1) is 11.3 Å². The van der Waals surface area contributed by atoms with Gasteiger partial charge in [0, 0.05) is 22.7 Å². The molecule has 0 fully saturated rings. The van der Waals surface area contributed by atoms with Crippen molar-refractivity contribution in [2.45, 2.75) is 52.0 Å². The number of nitrogens with zero attached hydrogens (tertiary/aromatic N) is 1. The summed E-state index contributed by atoms with van der Waals surface area (Å²) in [6.07, 6.45) is 0. The maximum absolute atomic E-state index is 14.0. The fourth-order valence-electron chi connectivity index (χ4n) is 5.21. The second-order valence-corrected chi connectivity index (χ2v) is 9.79. The molecule has 0 saturated carbocycles. The van der Waals surface area contributed by atoms with Gasteiger partial charge in [0.05, 0.1) is 30.4 Å². The first kappa shape index (κ1) is 25.6. The van der Waals surface area contributed by atoms with Crippen LogP contribution in [0, 0.1) is 6.92 Å². The number of ether oxygens (including phenoxy) is 2. The van der Waals surface area contributed by atoms with Crippen LogP contribution >= 0.6 is 11.3 Å². The minimum absolute atomic E-state index is 0.219. The van der Waals surface area contributed by atoms with Crippen LogP contribution in [0.2, 0.25) is 0 Å². The van der Waals surface area contributed by atoms with Gasteiger partial charge in [-0.1, -0.05) is 54.6 Å². The number of carbonyl (C=O) groups is 2. The number of esters is 2. The summed E-state index contributed by atoms with van der Waals surface area (Å²) in [7, 11) is 0. The number of rotatable bonds is 7. The molecule has 1 N–H and O–H groups in total. The van der Waals surface area contributed by atoms with Crippen molar-refractivity contribution in [1.82, 2.24) is 10.3 Å². The van der Waals surface area contributed by atoms with Crippen molar-refractivity contribution >= 4 is 23.3 Å². The van der Waals surface area contributed by atoms with Crippen LogP contribution in [0.4, 0.5) is 0 Å². The van der Waals surface area contributed by atoms with E-state index < -0.39 is 23.3 Å². The Morgan fingerprint density at radius 1 is 1.00 bits per heavy atom. The summed E-state index contributed by atoms with van der Waals surface area (Å²) in [4.78, 5) is 32.5. The molecular weight excluding hydrogens is 472 g/mol. The summed E-state index contributed by atoms with van der Waals surface area (Å²) in [6, 6.07) is 17.2. The molecule has 0 saturated heterocycles. The van der Waals surface area contributed by atoms with Gasteiger partial charge in [-0.3, -0.25) is 4.79 Å². The summed E-state index contributed by atoms with van der Waals surface area (Å²) >= 11 is 1.45. The van der Waals surface area contributed by atoms with Gasteiger partial charge in [0.15, 0.2) is 0 Å². The van der Waals surface area contributed by atoms with E-state index in [4.69, 9.17) is 14.5 Å². The van der Waals surface area contributed by atoms with Crippen LogP contribution in [0.1, 0.15) is 49.7 Å². The van der Waals surface area contributed by atoms with Gasteiger partial charge < -0.3 is 14.8 Å². The van der Waals surface area contributed by atoms with E-state index in [9.17, 15) is 9.59 Å². The Kier molecular flexibility index (Phi) is 7.59. The van der Waals surface area contributed by atoms with Crippen LogP contribution in [0.3, 0.4) is 0 Å². The zero-order chi connectivity index (χ0) is 25.9. The third kappa shape index (κ3) is 4.32. The Labute approximate surface area is 216 Å². The molecule has 1 aliphatic rings. The van der Waals surface area contributed by atoms with Gasteiger partial charge in [0.25, 0.3) is 0 Å². The first-order valence-corrected chi connectivity index (χ1v) is 13.1. The average Bonchev–Trinajstić information content (AvgIpc) is 3.34. The molecule has 188 valence electrons. The van der Waals surface area contributed by atoms with Crippen molar-refractivity contribution in [1.29, 1.82) is 0 Å². The molecule has 2 aromatic carbocycles. The lowest BCUT2D eigenvalue weighted by Gasteiger charge is -2.47. The third-order valence-electron chi connectivity index (χ3n) is 6.81. The predicted molar refractivity (Wildman–Crippen MR) is 142 cm³/mol. The molecule has 1 aromatic heterocycles. The maximum atomic E-state index is 14.0. The van der Waals surface area contributed by atoms with E-state index in [1.807, 2.05) is 80.7 Å². The van der Waals surface area contributed by atoms with E-state index in [1.54, 1.807) is 13.8 Å². The van der Waals surface area contributed by atoms with Crippen LogP contribution in [-0.2, 0) is 24.5 Å². The van der Waals surface area contributed by atoms with Crippen molar-refractivity contribution in [3.63, 3.8) is 0 Å². The Balaban J connectivity index is 2.02. The smallest absolute Gasteiger partial charge is 0.336 e. The highest BCUT2D eigenvalue weighted by Crippen LogP contribution is 2.51. The lowest BCUT2D eigenvalue weighted by molar-refractivity contribution is -0.153. The molecule has 0 bridgehead atoms. The van der Waals surface area contributed by atoms with E-state index in [2.05, 4.69) is 5.32 Å². The van der Waals surface area contributed by atoms with Crippen molar-refractivity contribution in [2.24, 2.45) is 0 Å². The van der Waals surface area contributed by atoms with Crippen molar-refractivity contribution < 1.29 is 19.1 Å². The molecule has 6 nitrogen and oxygen atoms in total. The standard InChI is InChI=1S/C29H32N2O4S/c1-6-34-27(32)24-19(4)30-20(5)29(28(33)35-7-2,21-14-9-8-10-15-21)25(24)26-31-23(17-36-26)22-16-12-11-13-18(22)3/h8-17,20,25,30H,6-7H2,1-5H3. The molecule has 0 radical (unpaired) electrons. The molecule has 3 unspecified atom stereocenters.